The van der Waals surface area contributed by atoms with Crippen molar-refractivity contribution in [1.29, 1.82) is 0 Å². The van der Waals surface area contributed by atoms with Crippen molar-refractivity contribution in [2.45, 2.75) is 24.6 Å². The fourth-order valence-corrected chi connectivity index (χ4v) is 2.84. The normalized spacial score (nSPS) is 25.8. The molecule has 3 nitrogen and oxygen atoms in total. The second-order valence-corrected chi connectivity index (χ2v) is 5.95. The molecule has 0 spiro atoms. The molecule has 1 rings (SSSR count). The predicted molar refractivity (Wildman–Crippen MR) is 58.0 cm³/mol. The third-order valence-electron chi connectivity index (χ3n) is 2.45. The van der Waals surface area contributed by atoms with Crippen molar-refractivity contribution in [3.63, 3.8) is 0 Å². The van der Waals surface area contributed by atoms with Crippen molar-refractivity contribution in [2.75, 3.05) is 32.0 Å². The van der Waals surface area contributed by atoms with Crippen LogP contribution in [-0.2, 0) is 0 Å². The van der Waals surface area contributed by atoms with Gasteiger partial charge in [-0.05, 0) is 13.8 Å². The Morgan fingerprint density at radius 1 is 1.62 bits per heavy atom. The third kappa shape index (κ3) is 3.13. The summed E-state index contributed by atoms with van der Waals surface area (Å²) >= 11 is 2.00. The number of aliphatic hydroxyl groups excluding tert-OH is 1. The summed E-state index contributed by atoms with van der Waals surface area (Å²) in [6.07, 6.45) is 0. The highest BCUT2D eigenvalue weighted by atomic mass is 32.2. The predicted octanol–water partition coefficient (Wildman–Crippen LogP) is 0.133. The van der Waals surface area contributed by atoms with Crippen LogP contribution in [0.2, 0.25) is 0 Å². The summed E-state index contributed by atoms with van der Waals surface area (Å²) < 4.78 is 0.306. The summed E-state index contributed by atoms with van der Waals surface area (Å²) in [4.78, 5) is 2.30. The van der Waals surface area contributed by atoms with Gasteiger partial charge in [-0.3, -0.25) is 4.90 Å². The standard InChI is InChI=1S/C9H20N2OS/c1-9(2)7-11(3-4-13-9)8(5-10)6-12/h8,12H,3-7,10H2,1-2H3. The maximum absolute atomic E-state index is 9.12. The molecular weight excluding hydrogens is 184 g/mol. The summed E-state index contributed by atoms with van der Waals surface area (Å²) in [5.74, 6) is 1.14. The lowest BCUT2D eigenvalue weighted by Gasteiger charge is -2.40. The molecule has 1 unspecified atom stereocenters. The Morgan fingerprint density at radius 2 is 2.31 bits per heavy atom. The van der Waals surface area contributed by atoms with Crippen molar-refractivity contribution in [3.05, 3.63) is 0 Å². The largest absolute Gasteiger partial charge is 0.395 e. The van der Waals surface area contributed by atoms with E-state index in [9.17, 15) is 0 Å². The Kier molecular flexibility index (Phi) is 4.04. The molecule has 1 saturated heterocycles. The zero-order valence-electron chi connectivity index (χ0n) is 8.49. The van der Waals surface area contributed by atoms with E-state index in [1.54, 1.807) is 0 Å². The molecule has 0 aromatic heterocycles. The second kappa shape index (κ2) is 4.64. The van der Waals surface area contributed by atoms with Gasteiger partial charge in [0.15, 0.2) is 0 Å². The van der Waals surface area contributed by atoms with Gasteiger partial charge in [0.2, 0.25) is 0 Å². The van der Waals surface area contributed by atoms with Crippen molar-refractivity contribution in [1.82, 2.24) is 4.90 Å². The van der Waals surface area contributed by atoms with Gasteiger partial charge < -0.3 is 10.8 Å². The highest BCUT2D eigenvalue weighted by Crippen LogP contribution is 2.30. The quantitative estimate of drug-likeness (QED) is 0.686. The monoisotopic (exact) mass is 204 g/mol. The van der Waals surface area contributed by atoms with E-state index in [1.807, 2.05) is 11.8 Å². The summed E-state index contributed by atoms with van der Waals surface area (Å²) in [6.45, 7) is 7.30. The number of hydrogen-bond donors (Lipinski definition) is 2. The van der Waals surface area contributed by atoms with Crippen LogP contribution >= 0.6 is 11.8 Å². The number of hydrogen-bond acceptors (Lipinski definition) is 4. The molecule has 0 aromatic carbocycles. The van der Waals surface area contributed by atoms with Crippen LogP contribution < -0.4 is 5.73 Å². The third-order valence-corrected chi connectivity index (χ3v) is 3.75. The smallest absolute Gasteiger partial charge is 0.0599 e. The topological polar surface area (TPSA) is 49.5 Å². The molecule has 0 bridgehead atoms. The molecule has 78 valence electrons. The van der Waals surface area contributed by atoms with Crippen LogP contribution in [0.3, 0.4) is 0 Å². The molecule has 1 aliphatic heterocycles. The minimum Gasteiger partial charge on any atom is -0.395 e. The Labute approximate surface area is 84.7 Å². The van der Waals surface area contributed by atoms with Gasteiger partial charge in [-0.15, -0.1) is 0 Å². The van der Waals surface area contributed by atoms with Gasteiger partial charge in [0.1, 0.15) is 0 Å². The van der Waals surface area contributed by atoms with Gasteiger partial charge in [0.25, 0.3) is 0 Å². The van der Waals surface area contributed by atoms with E-state index in [4.69, 9.17) is 10.8 Å². The molecule has 1 fully saturated rings. The first-order valence-electron chi connectivity index (χ1n) is 4.78. The van der Waals surface area contributed by atoms with Gasteiger partial charge >= 0.3 is 0 Å². The number of rotatable bonds is 3. The van der Waals surface area contributed by atoms with Gasteiger partial charge in [0.05, 0.1) is 6.61 Å². The Balaban J connectivity index is 2.50. The molecule has 1 aliphatic rings. The zero-order valence-corrected chi connectivity index (χ0v) is 9.31. The lowest BCUT2D eigenvalue weighted by Crippen LogP contribution is -2.52. The molecule has 4 heteroatoms. The molecule has 3 N–H and O–H groups in total. The van der Waals surface area contributed by atoms with E-state index in [-0.39, 0.29) is 12.6 Å². The summed E-state index contributed by atoms with van der Waals surface area (Å²) in [7, 11) is 0. The minimum absolute atomic E-state index is 0.153. The average Bonchev–Trinajstić information content (AvgIpc) is 2.05. The summed E-state index contributed by atoms with van der Waals surface area (Å²) in [5.41, 5.74) is 5.59. The van der Waals surface area contributed by atoms with Crippen LogP contribution in [-0.4, -0.2) is 52.8 Å². The molecule has 0 aliphatic carbocycles. The number of nitrogens with zero attached hydrogens (tertiary/aromatic N) is 1. The van der Waals surface area contributed by atoms with E-state index < -0.39 is 0 Å². The van der Waals surface area contributed by atoms with Gasteiger partial charge in [-0.25, -0.2) is 0 Å². The minimum atomic E-state index is 0.153. The first kappa shape index (κ1) is 11.3. The average molecular weight is 204 g/mol. The zero-order chi connectivity index (χ0) is 9.90. The van der Waals surface area contributed by atoms with Crippen molar-refractivity contribution in [2.24, 2.45) is 5.73 Å². The first-order valence-corrected chi connectivity index (χ1v) is 5.76. The number of thioether (sulfide) groups is 1. The number of aliphatic hydroxyl groups is 1. The van der Waals surface area contributed by atoms with E-state index in [2.05, 4.69) is 18.7 Å². The highest BCUT2D eigenvalue weighted by Gasteiger charge is 2.30. The van der Waals surface area contributed by atoms with E-state index in [1.165, 1.54) is 0 Å². The van der Waals surface area contributed by atoms with E-state index >= 15 is 0 Å². The van der Waals surface area contributed by atoms with Crippen LogP contribution in [0.25, 0.3) is 0 Å². The molecule has 1 atom stereocenters. The van der Waals surface area contributed by atoms with Crippen LogP contribution in [0.1, 0.15) is 13.8 Å². The Hall–Kier alpha value is 0.230. The van der Waals surface area contributed by atoms with Crippen molar-refractivity contribution in [3.8, 4) is 0 Å². The fraction of sp³-hybridized carbons (Fsp3) is 1.00. The van der Waals surface area contributed by atoms with Crippen LogP contribution in [0.4, 0.5) is 0 Å². The van der Waals surface area contributed by atoms with E-state index in [0.717, 1.165) is 18.8 Å². The molecule has 0 aromatic rings. The molecule has 0 radical (unpaired) electrons. The van der Waals surface area contributed by atoms with Crippen LogP contribution in [0.15, 0.2) is 0 Å². The molecule has 0 saturated carbocycles. The maximum Gasteiger partial charge on any atom is 0.0599 e. The van der Waals surface area contributed by atoms with Gasteiger partial charge in [-0.1, -0.05) is 0 Å². The molecule has 1 heterocycles. The number of nitrogens with two attached hydrogens (primary N) is 1. The highest BCUT2D eigenvalue weighted by molar-refractivity contribution is 8.00. The molecule has 0 amide bonds. The van der Waals surface area contributed by atoms with Crippen molar-refractivity contribution < 1.29 is 5.11 Å². The fourth-order valence-electron chi connectivity index (χ4n) is 1.70. The Morgan fingerprint density at radius 3 is 2.77 bits per heavy atom. The van der Waals surface area contributed by atoms with E-state index in [0.29, 0.717) is 11.3 Å². The lowest BCUT2D eigenvalue weighted by molar-refractivity contribution is 0.123. The van der Waals surface area contributed by atoms with Gasteiger partial charge in [-0.2, -0.15) is 11.8 Å². The lowest BCUT2D eigenvalue weighted by atomic mass is 10.1. The van der Waals surface area contributed by atoms with Gasteiger partial charge in [0, 0.05) is 36.2 Å². The second-order valence-electron chi connectivity index (χ2n) is 4.15. The van der Waals surface area contributed by atoms with Crippen LogP contribution in [0.5, 0.6) is 0 Å². The maximum atomic E-state index is 9.12. The Bertz CT molecular complexity index is 160. The summed E-state index contributed by atoms with van der Waals surface area (Å²) in [6, 6.07) is 0.153. The molecular formula is C9H20N2OS. The van der Waals surface area contributed by atoms with Crippen LogP contribution in [0, 0.1) is 0 Å². The van der Waals surface area contributed by atoms with Crippen molar-refractivity contribution >= 4 is 11.8 Å². The summed E-state index contributed by atoms with van der Waals surface area (Å²) in [5, 5.41) is 9.12. The SMILES string of the molecule is CC1(C)CN(C(CN)CO)CCS1. The molecule has 13 heavy (non-hydrogen) atoms. The first-order chi connectivity index (χ1) is 6.09.